The average molecular weight is 250 g/mol. The molecule has 1 fully saturated rings. The first kappa shape index (κ1) is 13.5. The molecule has 1 aliphatic heterocycles. The fourth-order valence-corrected chi connectivity index (χ4v) is 2.67. The van der Waals surface area contributed by atoms with Crippen LogP contribution in [0.1, 0.15) is 37.3 Å². The van der Waals surface area contributed by atoms with Crippen molar-refractivity contribution in [3.63, 3.8) is 0 Å². The van der Waals surface area contributed by atoms with Gasteiger partial charge in [-0.05, 0) is 43.5 Å². The Bertz CT molecular complexity index is 384. The molecule has 0 spiro atoms. The molecule has 3 heteroatoms. The summed E-state index contributed by atoms with van der Waals surface area (Å²) in [7, 11) is 0. The second-order valence-corrected chi connectivity index (χ2v) is 5.26. The zero-order valence-corrected chi connectivity index (χ0v) is 11.2. The van der Waals surface area contributed by atoms with Crippen molar-refractivity contribution in [2.75, 3.05) is 13.1 Å². The van der Waals surface area contributed by atoms with Gasteiger partial charge in [0.1, 0.15) is 5.82 Å². The van der Waals surface area contributed by atoms with Gasteiger partial charge in [-0.25, -0.2) is 4.39 Å². The highest BCUT2D eigenvalue weighted by atomic mass is 19.1. The fraction of sp³-hybridized carbons (Fsp3) is 0.600. The van der Waals surface area contributed by atoms with Crippen molar-refractivity contribution in [2.45, 2.75) is 39.3 Å². The molecule has 2 rings (SSSR count). The molecule has 100 valence electrons. The Balaban J connectivity index is 1.97. The van der Waals surface area contributed by atoms with E-state index in [1.165, 1.54) is 25.3 Å². The smallest absolute Gasteiger partial charge is 0.127 e. The largest absolute Gasteiger partial charge is 0.326 e. The van der Waals surface area contributed by atoms with Gasteiger partial charge in [0.2, 0.25) is 0 Å². The van der Waals surface area contributed by atoms with Crippen LogP contribution in [0.2, 0.25) is 0 Å². The first-order valence-electron chi connectivity index (χ1n) is 6.92. The molecule has 1 saturated heterocycles. The second kappa shape index (κ2) is 6.30. The van der Waals surface area contributed by atoms with Crippen molar-refractivity contribution >= 4 is 0 Å². The zero-order valence-electron chi connectivity index (χ0n) is 11.2. The van der Waals surface area contributed by atoms with Crippen LogP contribution in [-0.4, -0.2) is 18.0 Å². The van der Waals surface area contributed by atoms with Gasteiger partial charge in [0.05, 0.1) is 0 Å². The molecule has 18 heavy (non-hydrogen) atoms. The maximum absolute atomic E-state index is 13.7. The molecule has 0 bridgehead atoms. The average Bonchev–Trinajstić information content (AvgIpc) is 2.42. The number of piperidine rings is 1. The van der Waals surface area contributed by atoms with Crippen LogP contribution < -0.4 is 5.73 Å². The third-order valence-electron chi connectivity index (χ3n) is 4.02. The SMILES string of the molecule is CCC1CCN(Cc2cc(CN)ccc2F)CC1. The van der Waals surface area contributed by atoms with Gasteiger partial charge in [-0.2, -0.15) is 0 Å². The van der Waals surface area contributed by atoms with Crippen LogP contribution in [0.4, 0.5) is 4.39 Å². The van der Waals surface area contributed by atoms with Crippen molar-refractivity contribution in [1.82, 2.24) is 4.90 Å². The van der Waals surface area contributed by atoms with E-state index in [0.717, 1.165) is 36.7 Å². The van der Waals surface area contributed by atoms with Gasteiger partial charge in [-0.1, -0.05) is 25.5 Å². The lowest BCUT2D eigenvalue weighted by molar-refractivity contribution is 0.173. The third-order valence-corrected chi connectivity index (χ3v) is 4.02. The van der Waals surface area contributed by atoms with E-state index in [2.05, 4.69) is 11.8 Å². The highest BCUT2D eigenvalue weighted by Crippen LogP contribution is 2.22. The molecule has 0 atom stereocenters. The summed E-state index contributed by atoms with van der Waals surface area (Å²) in [5.41, 5.74) is 7.40. The number of hydrogen-bond acceptors (Lipinski definition) is 2. The van der Waals surface area contributed by atoms with Gasteiger partial charge >= 0.3 is 0 Å². The summed E-state index contributed by atoms with van der Waals surface area (Å²) in [6, 6.07) is 5.21. The lowest BCUT2D eigenvalue weighted by atomic mass is 9.94. The van der Waals surface area contributed by atoms with Gasteiger partial charge in [-0.15, -0.1) is 0 Å². The number of benzene rings is 1. The van der Waals surface area contributed by atoms with Crippen LogP contribution in [0, 0.1) is 11.7 Å². The fourth-order valence-electron chi connectivity index (χ4n) is 2.67. The molecule has 1 aliphatic rings. The van der Waals surface area contributed by atoms with E-state index in [4.69, 9.17) is 5.73 Å². The van der Waals surface area contributed by atoms with E-state index in [1.807, 2.05) is 6.07 Å². The highest BCUT2D eigenvalue weighted by Gasteiger charge is 2.18. The number of likely N-dealkylation sites (tertiary alicyclic amines) is 1. The van der Waals surface area contributed by atoms with Crippen LogP contribution in [0.5, 0.6) is 0 Å². The molecule has 0 saturated carbocycles. The molecule has 0 radical (unpaired) electrons. The summed E-state index contributed by atoms with van der Waals surface area (Å²) < 4.78 is 13.7. The summed E-state index contributed by atoms with van der Waals surface area (Å²) in [5, 5.41) is 0. The van der Waals surface area contributed by atoms with Crippen LogP contribution >= 0.6 is 0 Å². The molecule has 2 nitrogen and oxygen atoms in total. The van der Waals surface area contributed by atoms with Crippen LogP contribution in [-0.2, 0) is 13.1 Å². The van der Waals surface area contributed by atoms with Crippen molar-refractivity contribution < 1.29 is 4.39 Å². The lowest BCUT2D eigenvalue weighted by Crippen LogP contribution is -2.33. The van der Waals surface area contributed by atoms with E-state index >= 15 is 0 Å². The molecule has 1 heterocycles. The third kappa shape index (κ3) is 3.30. The minimum Gasteiger partial charge on any atom is -0.326 e. The molecule has 1 aromatic rings. The molecule has 0 aromatic heterocycles. The Morgan fingerprint density at radius 1 is 1.33 bits per heavy atom. The summed E-state index contributed by atoms with van der Waals surface area (Å²) in [6.07, 6.45) is 3.76. The maximum atomic E-state index is 13.7. The molecule has 1 aromatic carbocycles. The summed E-state index contributed by atoms with van der Waals surface area (Å²) in [6.45, 7) is 5.63. The van der Waals surface area contributed by atoms with Gasteiger partial charge in [0, 0.05) is 18.7 Å². The monoisotopic (exact) mass is 250 g/mol. The van der Waals surface area contributed by atoms with E-state index in [-0.39, 0.29) is 5.82 Å². The predicted molar refractivity (Wildman–Crippen MR) is 72.6 cm³/mol. The first-order valence-corrected chi connectivity index (χ1v) is 6.92. The van der Waals surface area contributed by atoms with Crippen LogP contribution in [0.15, 0.2) is 18.2 Å². The van der Waals surface area contributed by atoms with Crippen LogP contribution in [0.3, 0.4) is 0 Å². The van der Waals surface area contributed by atoms with Crippen molar-refractivity contribution in [3.8, 4) is 0 Å². The van der Waals surface area contributed by atoms with Crippen LogP contribution in [0.25, 0.3) is 0 Å². The van der Waals surface area contributed by atoms with Gasteiger partial charge < -0.3 is 5.73 Å². The Morgan fingerprint density at radius 2 is 2.06 bits per heavy atom. The standard InChI is InChI=1S/C15H23FN2/c1-2-12-5-7-18(8-6-12)11-14-9-13(10-17)3-4-15(14)16/h3-4,9,12H,2,5-8,10-11,17H2,1H3. The molecule has 2 N–H and O–H groups in total. The number of halogens is 1. The Morgan fingerprint density at radius 3 is 2.67 bits per heavy atom. The summed E-state index contributed by atoms with van der Waals surface area (Å²) in [4.78, 5) is 2.35. The van der Waals surface area contributed by atoms with E-state index in [9.17, 15) is 4.39 Å². The summed E-state index contributed by atoms with van der Waals surface area (Å²) >= 11 is 0. The molecule has 0 unspecified atom stereocenters. The number of hydrogen-bond donors (Lipinski definition) is 1. The normalized spacial score (nSPS) is 18.2. The van der Waals surface area contributed by atoms with Gasteiger partial charge in [0.25, 0.3) is 0 Å². The van der Waals surface area contributed by atoms with Crippen molar-refractivity contribution in [3.05, 3.63) is 35.1 Å². The van der Waals surface area contributed by atoms with E-state index in [1.54, 1.807) is 6.07 Å². The minimum absolute atomic E-state index is 0.107. The van der Waals surface area contributed by atoms with E-state index < -0.39 is 0 Å². The lowest BCUT2D eigenvalue weighted by Gasteiger charge is -2.31. The predicted octanol–water partition coefficient (Wildman–Crippen LogP) is 2.91. The van der Waals surface area contributed by atoms with Gasteiger partial charge in [-0.3, -0.25) is 4.90 Å². The maximum Gasteiger partial charge on any atom is 0.127 e. The number of nitrogens with two attached hydrogens (primary N) is 1. The number of rotatable bonds is 4. The minimum atomic E-state index is -0.107. The Hall–Kier alpha value is -0.930. The summed E-state index contributed by atoms with van der Waals surface area (Å²) in [5.74, 6) is 0.756. The molecule has 0 aliphatic carbocycles. The Kier molecular flexibility index (Phi) is 4.72. The first-order chi connectivity index (χ1) is 8.72. The van der Waals surface area contributed by atoms with Crippen molar-refractivity contribution in [2.24, 2.45) is 11.7 Å². The van der Waals surface area contributed by atoms with Gasteiger partial charge in [0.15, 0.2) is 0 Å². The quantitative estimate of drug-likeness (QED) is 0.890. The highest BCUT2D eigenvalue weighted by molar-refractivity contribution is 5.25. The molecular formula is C15H23FN2. The number of nitrogens with zero attached hydrogens (tertiary/aromatic N) is 1. The topological polar surface area (TPSA) is 29.3 Å². The zero-order chi connectivity index (χ0) is 13.0. The van der Waals surface area contributed by atoms with E-state index in [0.29, 0.717) is 6.54 Å². The second-order valence-electron chi connectivity index (χ2n) is 5.26. The molecule has 0 amide bonds. The molecular weight excluding hydrogens is 227 g/mol. The van der Waals surface area contributed by atoms with Crippen molar-refractivity contribution in [1.29, 1.82) is 0 Å². The Labute approximate surface area is 109 Å².